The van der Waals surface area contributed by atoms with Gasteiger partial charge in [-0.3, -0.25) is 4.79 Å². The van der Waals surface area contributed by atoms with Gasteiger partial charge in [0.05, 0.1) is 17.8 Å². The number of anilines is 1. The standard InChI is InChI=1S/C18H15Cl2N3O2/c1-25-17-5-3-2-4-12(17)10-22-11-13(9-21)18(24)23-16-7-6-14(19)8-15(16)20/h2-8,11,22H,10H2,1H3,(H,23,24)/b13-11-. The van der Waals surface area contributed by atoms with E-state index in [9.17, 15) is 10.1 Å². The third-order valence-corrected chi connectivity index (χ3v) is 3.82. The number of nitrogens with zero attached hydrogens (tertiary/aromatic N) is 1. The van der Waals surface area contributed by atoms with Crippen molar-refractivity contribution >= 4 is 34.8 Å². The predicted molar refractivity (Wildman–Crippen MR) is 98.6 cm³/mol. The Balaban J connectivity index is 2.04. The van der Waals surface area contributed by atoms with Crippen molar-refractivity contribution < 1.29 is 9.53 Å². The Kier molecular flexibility index (Phi) is 6.70. The molecule has 0 saturated carbocycles. The molecule has 1 amide bonds. The predicted octanol–water partition coefficient (Wildman–Crippen LogP) is 4.14. The van der Waals surface area contributed by atoms with Crippen LogP contribution in [0, 0.1) is 11.3 Å². The SMILES string of the molecule is COc1ccccc1CN/C=C(/C#N)C(=O)Nc1ccc(Cl)cc1Cl. The molecule has 0 unspecified atom stereocenters. The van der Waals surface area contributed by atoms with Gasteiger partial charge >= 0.3 is 0 Å². The van der Waals surface area contributed by atoms with Crippen LogP contribution in [0.4, 0.5) is 5.69 Å². The monoisotopic (exact) mass is 375 g/mol. The first-order valence-electron chi connectivity index (χ1n) is 7.27. The van der Waals surface area contributed by atoms with E-state index in [0.717, 1.165) is 11.3 Å². The van der Waals surface area contributed by atoms with E-state index in [1.165, 1.54) is 12.3 Å². The summed E-state index contributed by atoms with van der Waals surface area (Å²) in [7, 11) is 1.58. The third kappa shape index (κ3) is 5.15. The number of rotatable bonds is 6. The molecule has 0 aromatic heterocycles. The number of hydrogen-bond acceptors (Lipinski definition) is 4. The maximum absolute atomic E-state index is 12.2. The summed E-state index contributed by atoms with van der Waals surface area (Å²) in [6, 6.07) is 14.0. The lowest BCUT2D eigenvalue weighted by molar-refractivity contribution is -0.112. The highest BCUT2D eigenvalue weighted by Gasteiger charge is 2.11. The van der Waals surface area contributed by atoms with Crippen LogP contribution < -0.4 is 15.4 Å². The molecule has 0 fully saturated rings. The van der Waals surface area contributed by atoms with Crippen molar-refractivity contribution in [3.05, 3.63) is 69.8 Å². The molecule has 5 nitrogen and oxygen atoms in total. The maximum atomic E-state index is 12.2. The Hall–Kier alpha value is -2.68. The van der Waals surface area contributed by atoms with Crippen molar-refractivity contribution in [3.63, 3.8) is 0 Å². The van der Waals surface area contributed by atoms with Gasteiger partial charge in [-0.05, 0) is 24.3 Å². The third-order valence-electron chi connectivity index (χ3n) is 3.28. The molecule has 0 heterocycles. The van der Waals surface area contributed by atoms with Gasteiger partial charge in [-0.2, -0.15) is 5.26 Å². The number of amides is 1. The van der Waals surface area contributed by atoms with Gasteiger partial charge in [-0.1, -0.05) is 41.4 Å². The van der Waals surface area contributed by atoms with E-state index in [-0.39, 0.29) is 5.57 Å². The van der Waals surface area contributed by atoms with Gasteiger partial charge in [0.15, 0.2) is 0 Å². The number of benzene rings is 2. The highest BCUT2D eigenvalue weighted by atomic mass is 35.5. The Labute approximate surface area is 155 Å². The minimum atomic E-state index is -0.570. The second kappa shape index (κ2) is 8.97. The molecule has 128 valence electrons. The molecule has 0 radical (unpaired) electrons. The summed E-state index contributed by atoms with van der Waals surface area (Å²) in [4.78, 5) is 12.2. The first-order valence-corrected chi connectivity index (χ1v) is 8.02. The molecular weight excluding hydrogens is 361 g/mol. The Morgan fingerprint density at radius 2 is 2.04 bits per heavy atom. The lowest BCUT2D eigenvalue weighted by atomic mass is 10.2. The van der Waals surface area contributed by atoms with E-state index in [2.05, 4.69) is 10.6 Å². The number of nitrogens with one attached hydrogen (secondary N) is 2. The molecule has 7 heteroatoms. The first-order chi connectivity index (χ1) is 12.0. The summed E-state index contributed by atoms with van der Waals surface area (Å²) in [5, 5.41) is 15.4. The van der Waals surface area contributed by atoms with E-state index < -0.39 is 5.91 Å². The van der Waals surface area contributed by atoms with Crippen molar-refractivity contribution in [2.24, 2.45) is 0 Å². The number of methoxy groups -OCH3 is 1. The second-order valence-electron chi connectivity index (χ2n) is 4.94. The van der Waals surface area contributed by atoms with Crippen LogP contribution in [-0.4, -0.2) is 13.0 Å². The van der Waals surface area contributed by atoms with Gasteiger partial charge in [-0.15, -0.1) is 0 Å². The summed E-state index contributed by atoms with van der Waals surface area (Å²) < 4.78 is 5.25. The molecule has 0 atom stereocenters. The Morgan fingerprint density at radius 3 is 2.72 bits per heavy atom. The van der Waals surface area contributed by atoms with Crippen molar-refractivity contribution in [3.8, 4) is 11.8 Å². The molecule has 25 heavy (non-hydrogen) atoms. The van der Waals surface area contributed by atoms with Crippen LogP contribution in [-0.2, 0) is 11.3 Å². The molecule has 2 N–H and O–H groups in total. The van der Waals surface area contributed by atoms with Crippen LogP contribution in [0.25, 0.3) is 0 Å². The van der Waals surface area contributed by atoms with E-state index in [0.29, 0.717) is 22.3 Å². The van der Waals surface area contributed by atoms with Crippen LogP contribution in [0.3, 0.4) is 0 Å². The molecule has 0 aliphatic rings. The minimum absolute atomic E-state index is 0.0825. The topological polar surface area (TPSA) is 74.1 Å². The smallest absolute Gasteiger partial charge is 0.267 e. The van der Waals surface area contributed by atoms with Gasteiger partial charge in [-0.25, -0.2) is 0 Å². The highest BCUT2D eigenvalue weighted by molar-refractivity contribution is 6.36. The maximum Gasteiger partial charge on any atom is 0.267 e. The molecule has 2 aromatic carbocycles. The Bertz CT molecular complexity index is 844. The molecule has 2 aromatic rings. The van der Waals surface area contributed by atoms with Crippen LogP contribution in [0.15, 0.2) is 54.2 Å². The Morgan fingerprint density at radius 1 is 1.28 bits per heavy atom. The number of hydrogen-bond donors (Lipinski definition) is 2. The first kappa shape index (κ1) is 18.7. The number of halogens is 2. The fourth-order valence-electron chi connectivity index (χ4n) is 2.04. The zero-order chi connectivity index (χ0) is 18.2. The molecular formula is C18H15Cl2N3O2. The van der Waals surface area contributed by atoms with Crippen molar-refractivity contribution in [2.75, 3.05) is 12.4 Å². The molecule has 0 aliphatic heterocycles. The second-order valence-corrected chi connectivity index (χ2v) is 5.78. The summed E-state index contributed by atoms with van der Waals surface area (Å²) in [6.45, 7) is 0.407. The normalized spacial score (nSPS) is 10.7. The molecule has 0 saturated heterocycles. The van der Waals surface area contributed by atoms with E-state index >= 15 is 0 Å². The average molecular weight is 376 g/mol. The summed E-state index contributed by atoms with van der Waals surface area (Å²) in [5.41, 5.74) is 1.20. The average Bonchev–Trinajstić information content (AvgIpc) is 2.61. The summed E-state index contributed by atoms with van der Waals surface area (Å²) >= 11 is 11.8. The van der Waals surface area contributed by atoms with E-state index in [1.54, 1.807) is 19.2 Å². The largest absolute Gasteiger partial charge is 0.496 e. The molecule has 2 rings (SSSR count). The van der Waals surface area contributed by atoms with Crippen LogP contribution in [0.1, 0.15) is 5.56 Å². The molecule has 0 spiro atoms. The van der Waals surface area contributed by atoms with E-state index in [1.807, 2.05) is 30.3 Å². The molecule has 0 bridgehead atoms. The lowest BCUT2D eigenvalue weighted by Crippen LogP contribution is -2.17. The van der Waals surface area contributed by atoms with Gasteiger partial charge in [0.2, 0.25) is 0 Å². The number of carbonyl (C=O) groups is 1. The van der Waals surface area contributed by atoms with Crippen molar-refractivity contribution in [1.29, 1.82) is 5.26 Å². The summed E-state index contributed by atoms with van der Waals surface area (Å²) in [6.07, 6.45) is 1.35. The number of para-hydroxylation sites is 1. The van der Waals surface area contributed by atoms with Crippen LogP contribution in [0.5, 0.6) is 5.75 Å². The van der Waals surface area contributed by atoms with Gasteiger partial charge in [0.25, 0.3) is 5.91 Å². The van der Waals surface area contributed by atoms with Crippen molar-refractivity contribution in [2.45, 2.75) is 6.54 Å². The summed E-state index contributed by atoms with van der Waals surface area (Å²) in [5.74, 6) is 0.151. The zero-order valence-electron chi connectivity index (χ0n) is 13.3. The van der Waals surface area contributed by atoms with Crippen LogP contribution in [0.2, 0.25) is 10.0 Å². The fourth-order valence-corrected chi connectivity index (χ4v) is 2.50. The van der Waals surface area contributed by atoms with Gasteiger partial charge in [0.1, 0.15) is 17.4 Å². The van der Waals surface area contributed by atoms with E-state index in [4.69, 9.17) is 27.9 Å². The number of ether oxygens (including phenoxy) is 1. The lowest BCUT2D eigenvalue weighted by Gasteiger charge is -2.09. The minimum Gasteiger partial charge on any atom is -0.496 e. The van der Waals surface area contributed by atoms with Crippen molar-refractivity contribution in [1.82, 2.24) is 5.32 Å². The fraction of sp³-hybridized carbons (Fsp3) is 0.111. The van der Waals surface area contributed by atoms with Crippen LogP contribution >= 0.6 is 23.2 Å². The number of carbonyl (C=O) groups excluding carboxylic acids is 1. The van der Waals surface area contributed by atoms with Gasteiger partial charge < -0.3 is 15.4 Å². The van der Waals surface area contributed by atoms with Gasteiger partial charge in [0, 0.05) is 23.3 Å². The quantitative estimate of drug-likeness (QED) is 0.587. The zero-order valence-corrected chi connectivity index (χ0v) is 14.9. The number of nitriles is 1. The molecule has 0 aliphatic carbocycles. The highest BCUT2D eigenvalue weighted by Crippen LogP contribution is 2.25.